The lowest BCUT2D eigenvalue weighted by Gasteiger charge is -2.19. The fourth-order valence-corrected chi connectivity index (χ4v) is 5.31. The number of rotatable bonds is 9. The number of aromatic nitrogens is 1. The number of benzene rings is 3. The molecule has 1 aliphatic carbocycles. The summed E-state index contributed by atoms with van der Waals surface area (Å²) >= 11 is 0. The van der Waals surface area contributed by atoms with Crippen LogP contribution in [0.2, 0.25) is 0 Å². The Hall–Kier alpha value is -4.72. The van der Waals surface area contributed by atoms with E-state index < -0.39 is 11.9 Å². The highest BCUT2D eigenvalue weighted by Gasteiger charge is 2.25. The zero-order chi connectivity index (χ0) is 31.3. The topological polar surface area (TPSA) is 120 Å². The molecule has 3 aromatic carbocycles. The second-order valence-electron chi connectivity index (χ2n) is 12.4. The van der Waals surface area contributed by atoms with Crippen LogP contribution >= 0.6 is 0 Å². The summed E-state index contributed by atoms with van der Waals surface area (Å²) in [4.78, 5) is 21.8. The number of hydrogen-bond acceptors (Lipinski definition) is 5. The van der Waals surface area contributed by atoms with Gasteiger partial charge in [0.05, 0.1) is 6.10 Å². The number of pyridine rings is 1. The molecular formula is C36H41N4O4+. The molecule has 4 N–H and O–H groups in total. The fourth-order valence-electron chi connectivity index (χ4n) is 5.31. The number of nitrogens with zero attached hydrogens (tertiary/aromatic N) is 2. The monoisotopic (exact) mass is 593 g/mol. The van der Waals surface area contributed by atoms with E-state index in [0.29, 0.717) is 12.2 Å². The molecule has 0 bridgehead atoms. The van der Waals surface area contributed by atoms with Gasteiger partial charge in [-0.25, -0.2) is 0 Å². The minimum absolute atomic E-state index is 0.000957. The first-order chi connectivity index (χ1) is 21.0. The minimum atomic E-state index is -0.743. The summed E-state index contributed by atoms with van der Waals surface area (Å²) in [5.74, 6) is 1.68. The Kier molecular flexibility index (Phi) is 9.28. The van der Waals surface area contributed by atoms with E-state index in [-0.39, 0.29) is 28.9 Å². The van der Waals surface area contributed by atoms with Crippen LogP contribution < -0.4 is 14.8 Å². The van der Waals surface area contributed by atoms with E-state index >= 15 is 0 Å². The maximum atomic E-state index is 13.4. The first-order valence-corrected chi connectivity index (χ1v) is 15.1. The van der Waals surface area contributed by atoms with E-state index in [0.717, 1.165) is 40.7 Å². The van der Waals surface area contributed by atoms with Gasteiger partial charge in [-0.05, 0) is 103 Å². The van der Waals surface area contributed by atoms with Gasteiger partial charge in [0.15, 0.2) is 6.04 Å². The Bertz CT molecular complexity index is 1650. The summed E-state index contributed by atoms with van der Waals surface area (Å²) in [6.45, 7) is 8.03. The number of fused-ring (bicyclic) bond motifs is 1. The van der Waals surface area contributed by atoms with Crippen molar-refractivity contribution >= 4 is 28.4 Å². The van der Waals surface area contributed by atoms with Gasteiger partial charge in [0.25, 0.3) is 5.91 Å². The van der Waals surface area contributed by atoms with Crippen LogP contribution in [-0.4, -0.2) is 39.9 Å². The zero-order valence-corrected chi connectivity index (χ0v) is 25.8. The second kappa shape index (κ2) is 13.3. The predicted octanol–water partition coefficient (Wildman–Crippen LogP) is 7.11. The maximum Gasteiger partial charge on any atom is 0.356 e. The second-order valence-corrected chi connectivity index (χ2v) is 12.4. The lowest BCUT2D eigenvalue weighted by Crippen LogP contribution is -2.43. The molecule has 1 saturated carbocycles. The van der Waals surface area contributed by atoms with Gasteiger partial charge in [-0.15, -0.1) is 0 Å². The molecule has 8 heteroatoms. The number of amidine groups is 1. The molecule has 1 aromatic heterocycles. The third-order valence-electron chi connectivity index (χ3n) is 7.77. The van der Waals surface area contributed by atoms with Gasteiger partial charge in [0.2, 0.25) is 0 Å². The quantitative estimate of drug-likeness (QED) is 0.122. The lowest BCUT2D eigenvalue weighted by molar-refractivity contribution is 0.0939. The average molecular weight is 594 g/mol. The van der Waals surface area contributed by atoms with Gasteiger partial charge >= 0.3 is 5.90 Å². The third-order valence-corrected chi connectivity index (χ3v) is 7.77. The van der Waals surface area contributed by atoms with Crippen molar-refractivity contribution in [2.75, 3.05) is 0 Å². The largest absolute Gasteiger partial charge is 0.580 e. The fraction of sp³-hybridized carbons (Fsp3) is 0.333. The summed E-state index contributed by atoms with van der Waals surface area (Å²) in [7, 11) is 0. The Balaban J connectivity index is 1.30. The molecule has 0 unspecified atom stereocenters. The van der Waals surface area contributed by atoms with Crippen LogP contribution in [0.1, 0.15) is 75.0 Å². The normalized spacial score (nSPS) is 14.8. The molecule has 1 fully saturated rings. The summed E-state index contributed by atoms with van der Waals surface area (Å²) < 4.78 is 12.2. The standard InChI is InChI=1S/C36H40N4O4/c1-23(37)39-35(42)33(19-24-9-14-29(15-10-24)43-28-7-5-6-8-28)40-34(41)32-21-26-20-31(16-11-25(26)22-38-32)44-30-17-12-27(13-18-30)36(2,3)4/h9-18,20-22,28,33H,5-8,19H2,1-4H3,(H,40,41)(H2,37,39,42)/p+1/t33-/m0/s1. The van der Waals surface area contributed by atoms with E-state index in [9.17, 15) is 4.79 Å². The van der Waals surface area contributed by atoms with E-state index in [1.165, 1.54) is 25.3 Å². The first-order valence-electron chi connectivity index (χ1n) is 15.1. The average Bonchev–Trinajstić information content (AvgIpc) is 3.50. The molecule has 1 aliphatic rings. The van der Waals surface area contributed by atoms with Gasteiger partial charge in [-0.2, -0.15) is 4.99 Å². The number of carbonyl (C=O) groups is 1. The van der Waals surface area contributed by atoms with Crippen molar-refractivity contribution in [3.05, 3.63) is 95.8 Å². The van der Waals surface area contributed by atoms with Crippen LogP contribution in [0.15, 0.2) is 84.0 Å². The molecule has 5 rings (SSSR count). The third kappa shape index (κ3) is 8.01. The maximum absolute atomic E-state index is 13.4. The van der Waals surface area contributed by atoms with Crippen molar-refractivity contribution in [2.24, 2.45) is 4.99 Å². The van der Waals surface area contributed by atoms with Crippen molar-refractivity contribution < 1.29 is 19.4 Å². The van der Waals surface area contributed by atoms with E-state index in [2.05, 4.69) is 48.2 Å². The Morgan fingerprint density at radius 1 is 0.977 bits per heavy atom. The molecule has 1 amide bonds. The molecule has 44 heavy (non-hydrogen) atoms. The Morgan fingerprint density at radius 2 is 1.64 bits per heavy atom. The van der Waals surface area contributed by atoms with Crippen LogP contribution in [0.4, 0.5) is 0 Å². The van der Waals surface area contributed by atoms with Crippen LogP contribution in [-0.2, 0) is 11.8 Å². The first kappa shape index (κ1) is 30.7. The molecule has 0 radical (unpaired) electrons. The van der Waals surface area contributed by atoms with Crippen molar-refractivity contribution in [1.29, 1.82) is 5.41 Å². The molecular weight excluding hydrogens is 552 g/mol. The van der Waals surface area contributed by atoms with E-state index in [4.69, 9.17) is 20.0 Å². The van der Waals surface area contributed by atoms with Gasteiger partial charge in [-0.1, -0.05) is 45.0 Å². The number of carbonyl (C=O) groups excluding carboxylic acids is 1. The Labute approximate surface area is 258 Å². The van der Waals surface area contributed by atoms with Crippen molar-refractivity contribution in [3.8, 4) is 17.2 Å². The summed E-state index contributed by atoms with van der Waals surface area (Å²) in [6, 6.07) is 22.5. The molecule has 8 nitrogen and oxygen atoms in total. The SMILES string of the molecule is CC(=N)N=C([OH2+])[C@H](Cc1ccc(OC2CCCC2)cc1)NC(=O)c1cc2cc(Oc3ccc(C(C)(C)C)cc3)ccc2cn1. The number of ether oxygens (including phenoxy) is 2. The molecule has 228 valence electrons. The summed E-state index contributed by atoms with van der Waals surface area (Å²) in [5, 5.41) is 20.8. The summed E-state index contributed by atoms with van der Waals surface area (Å²) in [5.41, 5.74) is 2.42. The highest BCUT2D eigenvalue weighted by atomic mass is 16.5. The lowest BCUT2D eigenvalue weighted by atomic mass is 9.87. The van der Waals surface area contributed by atoms with Crippen molar-refractivity contribution in [2.45, 2.75) is 77.4 Å². The van der Waals surface area contributed by atoms with Crippen LogP contribution in [0.25, 0.3) is 10.8 Å². The highest BCUT2D eigenvalue weighted by molar-refractivity contribution is 6.00. The molecule has 1 atom stereocenters. The molecule has 0 aliphatic heterocycles. The van der Waals surface area contributed by atoms with Crippen LogP contribution in [0, 0.1) is 5.41 Å². The molecule has 4 aromatic rings. The molecule has 0 saturated heterocycles. The van der Waals surface area contributed by atoms with Crippen LogP contribution in [0.5, 0.6) is 17.2 Å². The number of aliphatic imine (C=N–C) groups is 1. The predicted molar refractivity (Wildman–Crippen MR) is 176 cm³/mol. The highest BCUT2D eigenvalue weighted by Crippen LogP contribution is 2.29. The van der Waals surface area contributed by atoms with Crippen molar-refractivity contribution in [3.63, 3.8) is 0 Å². The smallest absolute Gasteiger partial charge is 0.356 e. The van der Waals surface area contributed by atoms with E-state index in [1.54, 1.807) is 12.3 Å². The van der Waals surface area contributed by atoms with E-state index in [1.807, 2.05) is 54.6 Å². The van der Waals surface area contributed by atoms with Gasteiger partial charge in [0, 0.05) is 18.0 Å². The van der Waals surface area contributed by atoms with Gasteiger partial charge < -0.3 is 19.9 Å². The molecule has 0 spiro atoms. The summed E-state index contributed by atoms with van der Waals surface area (Å²) in [6.07, 6.45) is 6.84. The zero-order valence-electron chi connectivity index (χ0n) is 25.8. The number of nitrogens with one attached hydrogen (secondary N) is 2. The number of amides is 1. The van der Waals surface area contributed by atoms with Gasteiger partial charge in [0.1, 0.15) is 28.8 Å². The van der Waals surface area contributed by atoms with Crippen LogP contribution in [0.3, 0.4) is 0 Å². The Morgan fingerprint density at radius 3 is 2.30 bits per heavy atom. The van der Waals surface area contributed by atoms with Crippen molar-refractivity contribution in [1.82, 2.24) is 10.3 Å². The minimum Gasteiger partial charge on any atom is -0.580 e. The molecule has 1 heterocycles. The van der Waals surface area contributed by atoms with Gasteiger partial charge in [-0.3, -0.25) is 15.2 Å². The number of hydrogen-bond donors (Lipinski definition) is 2.